The van der Waals surface area contributed by atoms with Crippen LogP contribution in [0.5, 0.6) is 0 Å². The largest absolute Gasteiger partial charge is 0.387 e. The van der Waals surface area contributed by atoms with E-state index in [2.05, 4.69) is 27.3 Å². The maximum Gasteiger partial charge on any atom is 0.123 e. The summed E-state index contributed by atoms with van der Waals surface area (Å²) in [5, 5.41) is 13.3. The molecule has 2 rings (SSSR count). The van der Waals surface area contributed by atoms with E-state index in [9.17, 15) is 9.50 Å². The molecule has 0 amide bonds. The summed E-state index contributed by atoms with van der Waals surface area (Å²) in [5.74, 6) is -0.300. The van der Waals surface area contributed by atoms with Crippen LogP contribution in [0, 0.1) is 19.7 Å². The van der Waals surface area contributed by atoms with Crippen molar-refractivity contribution in [3.8, 4) is 0 Å². The molecular weight excluding hydrogens is 321 g/mol. The van der Waals surface area contributed by atoms with Crippen molar-refractivity contribution in [2.75, 3.05) is 11.9 Å². The molecular formula is C16H17BrFNO. The SMILES string of the molecule is Cc1cc(C)c(NCC(O)c2ccc(F)cc2)c(Br)c1. The Labute approximate surface area is 126 Å². The molecule has 0 bridgehead atoms. The highest BCUT2D eigenvalue weighted by Crippen LogP contribution is 2.28. The van der Waals surface area contributed by atoms with Crippen molar-refractivity contribution >= 4 is 21.6 Å². The molecule has 0 aliphatic carbocycles. The Balaban J connectivity index is 2.07. The fourth-order valence-corrected chi connectivity index (χ4v) is 2.96. The number of hydrogen-bond donors (Lipinski definition) is 2. The zero-order valence-corrected chi connectivity index (χ0v) is 13.0. The van der Waals surface area contributed by atoms with Crippen molar-refractivity contribution in [1.29, 1.82) is 0 Å². The Morgan fingerprint density at radius 1 is 1.20 bits per heavy atom. The highest BCUT2D eigenvalue weighted by Gasteiger charge is 2.10. The van der Waals surface area contributed by atoms with Crippen molar-refractivity contribution in [2.45, 2.75) is 20.0 Å². The molecule has 20 heavy (non-hydrogen) atoms. The minimum absolute atomic E-state index is 0.300. The molecule has 0 aromatic heterocycles. The molecule has 1 unspecified atom stereocenters. The van der Waals surface area contributed by atoms with Crippen LogP contribution in [-0.2, 0) is 0 Å². The van der Waals surface area contributed by atoms with Gasteiger partial charge in [-0.1, -0.05) is 18.2 Å². The third-order valence-corrected chi connectivity index (χ3v) is 3.78. The molecule has 0 aliphatic heterocycles. The number of aryl methyl sites for hydroxylation is 2. The van der Waals surface area contributed by atoms with Gasteiger partial charge in [-0.25, -0.2) is 4.39 Å². The number of anilines is 1. The molecule has 0 saturated heterocycles. The lowest BCUT2D eigenvalue weighted by Gasteiger charge is -2.16. The van der Waals surface area contributed by atoms with Gasteiger partial charge in [0, 0.05) is 11.0 Å². The molecule has 0 aliphatic rings. The second kappa shape index (κ2) is 6.37. The Bertz CT molecular complexity index is 575. The monoisotopic (exact) mass is 337 g/mol. The zero-order valence-electron chi connectivity index (χ0n) is 11.5. The van der Waals surface area contributed by atoms with E-state index < -0.39 is 6.10 Å². The van der Waals surface area contributed by atoms with Crippen molar-refractivity contribution in [2.24, 2.45) is 0 Å². The molecule has 0 fully saturated rings. The number of aliphatic hydroxyl groups excluding tert-OH is 1. The van der Waals surface area contributed by atoms with Crippen LogP contribution in [0.15, 0.2) is 40.9 Å². The smallest absolute Gasteiger partial charge is 0.123 e. The number of hydrogen-bond acceptors (Lipinski definition) is 2. The Morgan fingerprint density at radius 3 is 2.45 bits per heavy atom. The molecule has 2 nitrogen and oxygen atoms in total. The van der Waals surface area contributed by atoms with E-state index in [4.69, 9.17) is 0 Å². The van der Waals surface area contributed by atoms with Crippen LogP contribution in [0.2, 0.25) is 0 Å². The predicted octanol–water partition coefficient (Wildman–Crippen LogP) is 4.35. The van der Waals surface area contributed by atoms with Crippen molar-refractivity contribution < 1.29 is 9.50 Å². The first kappa shape index (κ1) is 15.0. The first-order chi connectivity index (χ1) is 9.47. The summed E-state index contributed by atoms with van der Waals surface area (Å²) in [6.07, 6.45) is -0.678. The molecule has 0 spiro atoms. The van der Waals surface area contributed by atoms with Gasteiger partial charge in [0.25, 0.3) is 0 Å². The van der Waals surface area contributed by atoms with E-state index in [1.807, 2.05) is 19.9 Å². The fourth-order valence-electron chi connectivity index (χ4n) is 2.14. The standard InChI is InChI=1S/C16H17BrFNO/c1-10-7-11(2)16(14(17)8-10)19-9-15(20)12-3-5-13(18)6-4-12/h3-8,15,19-20H,9H2,1-2H3. The first-order valence-electron chi connectivity index (χ1n) is 6.41. The van der Waals surface area contributed by atoms with Gasteiger partial charge in [-0.2, -0.15) is 0 Å². The lowest BCUT2D eigenvalue weighted by atomic mass is 10.1. The number of aliphatic hydroxyl groups is 1. The summed E-state index contributed by atoms with van der Waals surface area (Å²) in [5.41, 5.74) is 3.96. The average molecular weight is 338 g/mol. The highest BCUT2D eigenvalue weighted by molar-refractivity contribution is 9.10. The van der Waals surface area contributed by atoms with Gasteiger partial charge in [-0.3, -0.25) is 0 Å². The minimum Gasteiger partial charge on any atom is -0.387 e. The Hall–Kier alpha value is -1.39. The molecule has 106 valence electrons. The quantitative estimate of drug-likeness (QED) is 0.869. The topological polar surface area (TPSA) is 32.3 Å². The summed E-state index contributed by atoms with van der Waals surface area (Å²) < 4.78 is 13.8. The van der Waals surface area contributed by atoms with Crippen LogP contribution < -0.4 is 5.32 Å². The number of halogens is 2. The van der Waals surface area contributed by atoms with Crippen LogP contribution in [-0.4, -0.2) is 11.7 Å². The van der Waals surface area contributed by atoms with E-state index in [0.717, 1.165) is 15.7 Å². The van der Waals surface area contributed by atoms with E-state index in [1.165, 1.54) is 17.7 Å². The lowest BCUT2D eigenvalue weighted by Crippen LogP contribution is -2.13. The molecule has 4 heteroatoms. The van der Waals surface area contributed by atoms with E-state index in [1.54, 1.807) is 12.1 Å². The second-order valence-corrected chi connectivity index (χ2v) is 5.74. The van der Waals surface area contributed by atoms with E-state index in [-0.39, 0.29) is 5.82 Å². The summed E-state index contributed by atoms with van der Waals surface area (Å²) in [4.78, 5) is 0. The first-order valence-corrected chi connectivity index (χ1v) is 7.21. The molecule has 0 radical (unpaired) electrons. The van der Waals surface area contributed by atoms with Gasteiger partial charge in [0.05, 0.1) is 11.8 Å². The zero-order chi connectivity index (χ0) is 14.7. The average Bonchev–Trinajstić information content (AvgIpc) is 2.38. The van der Waals surface area contributed by atoms with Crippen LogP contribution in [0.1, 0.15) is 22.8 Å². The summed E-state index contributed by atoms with van der Waals surface area (Å²) in [7, 11) is 0. The van der Waals surface area contributed by atoms with Gasteiger partial charge in [0.1, 0.15) is 5.82 Å². The van der Waals surface area contributed by atoms with Gasteiger partial charge < -0.3 is 10.4 Å². The maximum atomic E-state index is 12.8. The highest BCUT2D eigenvalue weighted by atomic mass is 79.9. The lowest BCUT2D eigenvalue weighted by molar-refractivity contribution is 0.191. The van der Waals surface area contributed by atoms with Crippen molar-refractivity contribution in [1.82, 2.24) is 0 Å². The van der Waals surface area contributed by atoms with E-state index >= 15 is 0 Å². The van der Waals surface area contributed by atoms with Gasteiger partial charge in [0.15, 0.2) is 0 Å². The van der Waals surface area contributed by atoms with Crippen LogP contribution in [0.25, 0.3) is 0 Å². The van der Waals surface area contributed by atoms with Gasteiger partial charge in [-0.05, 0) is 64.7 Å². The summed E-state index contributed by atoms with van der Waals surface area (Å²) in [6.45, 7) is 4.42. The number of rotatable bonds is 4. The summed E-state index contributed by atoms with van der Waals surface area (Å²) >= 11 is 3.52. The van der Waals surface area contributed by atoms with Crippen LogP contribution >= 0.6 is 15.9 Å². The van der Waals surface area contributed by atoms with Gasteiger partial charge in [-0.15, -0.1) is 0 Å². The van der Waals surface area contributed by atoms with Crippen molar-refractivity contribution in [3.63, 3.8) is 0 Å². The Morgan fingerprint density at radius 2 is 1.85 bits per heavy atom. The summed E-state index contributed by atoms with van der Waals surface area (Å²) in [6, 6.07) is 10.0. The second-order valence-electron chi connectivity index (χ2n) is 4.89. The number of nitrogens with one attached hydrogen (secondary N) is 1. The molecule has 0 saturated carbocycles. The molecule has 2 N–H and O–H groups in total. The third-order valence-electron chi connectivity index (χ3n) is 3.16. The van der Waals surface area contributed by atoms with Gasteiger partial charge >= 0.3 is 0 Å². The van der Waals surface area contributed by atoms with Gasteiger partial charge in [0.2, 0.25) is 0 Å². The minimum atomic E-state index is -0.678. The molecule has 2 aromatic carbocycles. The molecule has 0 heterocycles. The van der Waals surface area contributed by atoms with Crippen molar-refractivity contribution in [3.05, 3.63) is 63.4 Å². The normalized spacial score (nSPS) is 12.2. The third kappa shape index (κ3) is 3.58. The Kier molecular flexibility index (Phi) is 4.78. The molecule has 1 atom stereocenters. The molecule has 2 aromatic rings. The van der Waals surface area contributed by atoms with Crippen LogP contribution in [0.3, 0.4) is 0 Å². The number of benzene rings is 2. The van der Waals surface area contributed by atoms with Crippen LogP contribution in [0.4, 0.5) is 10.1 Å². The fraction of sp³-hybridized carbons (Fsp3) is 0.250. The predicted molar refractivity (Wildman–Crippen MR) is 83.5 cm³/mol. The maximum absolute atomic E-state index is 12.8. The van der Waals surface area contributed by atoms with E-state index in [0.29, 0.717) is 12.1 Å².